The number of nitrogens with one attached hydrogen (secondary N) is 2. The van der Waals surface area contributed by atoms with Gasteiger partial charge in [-0.05, 0) is 0 Å². The number of rotatable bonds is 10. The fraction of sp³-hybridized carbons (Fsp3) is 0.421. The molecule has 0 saturated carbocycles. The van der Waals surface area contributed by atoms with Crippen LogP contribution in [0.2, 0.25) is 0 Å². The van der Waals surface area contributed by atoms with Gasteiger partial charge in [0.15, 0.2) is 10.8 Å². The smallest absolute Gasteiger partial charge is 0.352 e. The van der Waals surface area contributed by atoms with E-state index in [1.165, 1.54) is 24.3 Å². The predicted molar refractivity (Wildman–Crippen MR) is 126 cm³/mol. The van der Waals surface area contributed by atoms with Crippen LogP contribution in [0, 0.1) is 0 Å². The summed E-state index contributed by atoms with van der Waals surface area (Å²) in [7, 11) is 1.22. The fourth-order valence-electron chi connectivity index (χ4n) is 3.16. The minimum absolute atomic E-state index is 0.0882. The van der Waals surface area contributed by atoms with Gasteiger partial charge in [-0.3, -0.25) is 24.1 Å². The van der Waals surface area contributed by atoms with Crippen molar-refractivity contribution in [1.29, 1.82) is 0 Å². The number of hydrogen-bond donors (Lipinski definition) is 3. The van der Waals surface area contributed by atoms with Gasteiger partial charge in [0.2, 0.25) is 5.91 Å². The molecule has 13 nitrogen and oxygen atoms in total. The SMILES string of the molecule is CCC(=O)OCC1=C(C(=O)O)N2C(=O)C(NC(=O)/C(=N\OC)c3csc(NC(=O)CCl)n3)[C@H]2SC1. The maximum atomic E-state index is 12.9. The summed E-state index contributed by atoms with van der Waals surface area (Å²) < 4.78 is 5.04. The highest BCUT2D eigenvalue weighted by molar-refractivity contribution is 8.00. The number of carbonyl (C=O) groups excluding carboxylic acids is 4. The monoisotopic (exact) mass is 545 g/mol. The maximum Gasteiger partial charge on any atom is 0.352 e. The highest BCUT2D eigenvalue weighted by Crippen LogP contribution is 2.40. The molecule has 0 aromatic carbocycles. The lowest BCUT2D eigenvalue weighted by Crippen LogP contribution is -2.71. The van der Waals surface area contributed by atoms with Gasteiger partial charge in [-0.2, -0.15) is 0 Å². The van der Waals surface area contributed by atoms with Crippen molar-refractivity contribution in [3.63, 3.8) is 0 Å². The third-order valence-electron chi connectivity index (χ3n) is 4.74. The average molecular weight is 546 g/mol. The summed E-state index contributed by atoms with van der Waals surface area (Å²) in [6, 6.07) is -1.03. The summed E-state index contributed by atoms with van der Waals surface area (Å²) in [5.41, 5.74) is -0.138. The Morgan fingerprint density at radius 3 is 2.74 bits per heavy atom. The van der Waals surface area contributed by atoms with E-state index in [-0.39, 0.29) is 52.5 Å². The molecule has 1 unspecified atom stereocenters. The van der Waals surface area contributed by atoms with Crippen LogP contribution in [-0.4, -0.2) is 87.1 Å². The Morgan fingerprint density at radius 1 is 1.37 bits per heavy atom. The van der Waals surface area contributed by atoms with Crippen molar-refractivity contribution < 1.29 is 38.7 Å². The van der Waals surface area contributed by atoms with Crippen molar-refractivity contribution in [3.8, 4) is 0 Å². The number of β-lactam (4-membered cyclic amide) rings is 1. The van der Waals surface area contributed by atoms with Crippen molar-refractivity contribution in [1.82, 2.24) is 15.2 Å². The number of thioether (sulfide) groups is 1. The van der Waals surface area contributed by atoms with Crippen LogP contribution in [0.4, 0.5) is 5.13 Å². The van der Waals surface area contributed by atoms with Crippen LogP contribution in [0.15, 0.2) is 21.8 Å². The van der Waals surface area contributed by atoms with E-state index in [0.29, 0.717) is 0 Å². The summed E-state index contributed by atoms with van der Waals surface area (Å²) in [5, 5.41) is 19.3. The molecule has 1 fully saturated rings. The molecule has 3 amide bonds. The van der Waals surface area contributed by atoms with Crippen LogP contribution in [0.1, 0.15) is 19.0 Å². The van der Waals surface area contributed by atoms with E-state index in [9.17, 15) is 29.1 Å². The number of halogens is 1. The number of carboxylic acid groups (broad SMARTS) is 1. The third kappa shape index (κ3) is 5.74. The van der Waals surface area contributed by atoms with Crippen LogP contribution in [-0.2, 0) is 33.5 Å². The average Bonchev–Trinajstić information content (AvgIpc) is 3.30. The van der Waals surface area contributed by atoms with Crippen molar-refractivity contribution in [2.75, 3.05) is 30.7 Å². The summed E-state index contributed by atoms with van der Waals surface area (Å²) in [6.45, 7) is 1.36. The lowest BCUT2D eigenvalue weighted by Gasteiger charge is -2.49. The number of amides is 3. The summed E-state index contributed by atoms with van der Waals surface area (Å²) in [5.74, 6) is -3.83. The molecular formula is C19H20ClN5O8S2. The quantitative estimate of drug-likeness (QED) is 0.122. The molecule has 3 N–H and O–H groups in total. The maximum absolute atomic E-state index is 12.9. The Labute approximate surface area is 211 Å². The minimum atomic E-state index is -1.34. The van der Waals surface area contributed by atoms with Crippen molar-refractivity contribution in [3.05, 3.63) is 22.3 Å². The number of anilines is 1. The van der Waals surface area contributed by atoms with Gasteiger partial charge in [-0.25, -0.2) is 9.78 Å². The van der Waals surface area contributed by atoms with Crippen molar-refractivity contribution >= 4 is 75.2 Å². The first-order valence-corrected chi connectivity index (χ1v) is 12.5. The molecule has 1 aromatic heterocycles. The van der Waals surface area contributed by atoms with Gasteiger partial charge in [0.05, 0.1) is 0 Å². The summed E-state index contributed by atoms with van der Waals surface area (Å²) >= 11 is 7.71. The molecule has 3 rings (SSSR count). The van der Waals surface area contributed by atoms with Crippen LogP contribution < -0.4 is 10.6 Å². The molecule has 2 aliphatic rings. The first kappa shape index (κ1) is 26.4. The third-order valence-corrected chi connectivity index (χ3v) is 7.08. The van der Waals surface area contributed by atoms with Crippen LogP contribution >= 0.6 is 34.7 Å². The Hall–Kier alpha value is -3.17. The van der Waals surface area contributed by atoms with Gasteiger partial charge in [0.1, 0.15) is 42.4 Å². The molecule has 0 radical (unpaired) electrons. The number of esters is 1. The Bertz CT molecular complexity index is 1120. The minimum Gasteiger partial charge on any atom is -0.477 e. The summed E-state index contributed by atoms with van der Waals surface area (Å²) in [6.07, 6.45) is 0.132. The van der Waals surface area contributed by atoms with E-state index in [4.69, 9.17) is 21.2 Å². The first-order chi connectivity index (χ1) is 16.7. The second-order valence-electron chi connectivity index (χ2n) is 6.97. The lowest BCUT2D eigenvalue weighted by atomic mass is 10.0. The van der Waals surface area contributed by atoms with E-state index >= 15 is 0 Å². The molecule has 1 saturated heterocycles. The lowest BCUT2D eigenvalue weighted by molar-refractivity contribution is -0.150. The predicted octanol–water partition coefficient (Wildman–Crippen LogP) is 0.363. The zero-order valence-electron chi connectivity index (χ0n) is 18.4. The Kier molecular flexibility index (Phi) is 8.69. The molecule has 16 heteroatoms. The standard InChI is InChI=1S/C19H20ClN5O8S2/c1-3-11(27)33-5-8-6-34-17-13(16(29)25(17)14(8)18(30)31)23-15(28)12(24-32-2)9-7-35-19(21-9)22-10(26)4-20/h7,13,17H,3-6H2,1-2H3,(H,23,28)(H,30,31)(H,21,22,26)/b24-12-/t13?,17-/m1/s1. The number of fused-ring (bicyclic) bond motifs is 1. The second kappa shape index (κ2) is 11.5. The number of ether oxygens (including phenoxy) is 1. The number of aliphatic carboxylic acids is 1. The van der Waals surface area contributed by atoms with Crippen molar-refractivity contribution in [2.45, 2.75) is 24.8 Å². The molecule has 35 heavy (non-hydrogen) atoms. The molecule has 3 heterocycles. The van der Waals surface area contributed by atoms with Gasteiger partial charge in [-0.1, -0.05) is 12.1 Å². The Balaban J connectivity index is 1.74. The molecule has 0 spiro atoms. The van der Waals surface area contributed by atoms with E-state index in [2.05, 4.69) is 20.8 Å². The number of hydrogen-bond acceptors (Lipinski definition) is 11. The van der Waals surface area contributed by atoms with Crippen LogP contribution in [0.5, 0.6) is 0 Å². The van der Waals surface area contributed by atoms with Gasteiger partial charge in [0, 0.05) is 23.1 Å². The zero-order valence-corrected chi connectivity index (χ0v) is 20.8. The van der Waals surface area contributed by atoms with E-state index in [0.717, 1.165) is 16.2 Å². The molecule has 188 valence electrons. The van der Waals surface area contributed by atoms with E-state index in [1.807, 2.05) is 0 Å². The molecular weight excluding hydrogens is 526 g/mol. The number of thiazole rings is 1. The largest absolute Gasteiger partial charge is 0.477 e. The second-order valence-corrected chi connectivity index (χ2v) is 9.21. The molecule has 0 aliphatic carbocycles. The Morgan fingerprint density at radius 2 is 2.11 bits per heavy atom. The number of nitrogens with zero attached hydrogens (tertiary/aromatic N) is 3. The highest BCUT2D eigenvalue weighted by Gasteiger charge is 2.54. The normalized spacial score (nSPS) is 19.5. The van der Waals surface area contributed by atoms with E-state index in [1.54, 1.807) is 6.92 Å². The van der Waals surface area contributed by atoms with Gasteiger partial charge >= 0.3 is 11.9 Å². The van der Waals surface area contributed by atoms with Gasteiger partial charge in [0.25, 0.3) is 11.8 Å². The number of aromatic nitrogens is 1. The number of oxime groups is 1. The molecule has 1 aromatic rings. The van der Waals surface area contributed by atoms with Gasteiger partial charge in [-0.15, -0.1) is 34.7 Å². The van der Waals surface area contributed by atoms with Crippen LogP contribution in [0.3, 0.4) is 0 Å². The highest BCUT2D eigenvalue weighted by atomic mass is 35.5. The first-order valence-electron chi connectivity index (χ1n) is 10.0. The summed E-state index contributed by atoms with van der Waals surface area (Å²) in [4.78, 5) is 70.4. The van der Waals surface area contributed by atoms with Crippen LogP contribution in [0.25, 0.3) is 0 Å². The fourth-order valence-corrected chi connectivity index (χ4v) is 5.27. The molecule has 2 aliphatic heterocycles. The molecule has 0 bridgehead atoms. The van der Waals surface area contributed by atoms with Crippen molar-refractivity contribution in [2.24, 2.45) is 5.16 Å². The topological polar surface area (TPSA) is 177 Å². The van der Waals surface area contributed by atoms with E-state index < -0.39 is 41.1 Å². The zero-order chi connectivity index (χ0) is 25.7. The molecule has 2 atom stereocenters. The number of carbonyl (C=O) groups is 5. The van der Waals surface area contributed by atoms with Gasteiger partial charge < -0.3 is 25.3 Å². The number of carboxylic acids is 1. The number of alkyl halides is 1.